The van der Waals surface area contributed by atoms with E-state index in [0.29, 0.717) is 35.5 Å². The maximum atomic E-state index is 13.6. The second-order valence-electron chi connectivity index (χ2n) is 7.80. The topological polar surface area (TPSA) is 111 Å². The summed E-state index contributed by atoms with van der Waals surface area (Å²) in [7, 11) is 4.41. The lowest BCUT2D eigenvalue weighted by atomic mass is 9.64. The van der Waals surface area contributed by atoms with Crippen LogP contribution in [-0.2, 0) is 29.1 Å². The Morgan fingerprint density at radius 2 is 1.80 bits per heavy atom. The molecule has 9 nitrogen and oxygen atoms in total. The number of ether oxygens (including phenoxy) is 1. The van der Waals surface area contributed by atoms with Crippen LogP contribution < -0.4 is 26.6 Å². The minimum Gasteiger partial charge on any atom is -0.497 e. The van der Waals surface area contributed by atoms with E-state index < -0.39 is 22.6 Å². The number of allylic oxidation sites excluding steroid dienone is 1. The monoisotopic (exact) mass is 408 g/mol. The quantitative estimate of drug-likeness (QED) is 0.721. The fourth-order valence-corrected chi connectivity index (χ4v) is 4.91. The fraction of sp³-hybridized carbons (Fsp3) is 0.333. The molecule has 0 bridgehead atoms. The maximum Gasteiger partial charge on any atom is 0.332 e. The molecule has 0 saturated carbocycles. The summed E-state index contributed by atoms with van der Waals surface area (Å²) < 4.78 is 7.64. The van der Waals surface area contributed by atoms with E-state index in [1.807, 2.05) is 0 Å². The van der Waals surface area contributed by atoms with E-state index in [4.69, 9.17) is 4.74 Å². The van der Waals surface area contributed by atoms with Crippen LogP contribution in [0.1, 0.15) is 30.4 Å². The van der Waals surface area contributed by atoms with E-state index >= 15 is 0 Å². The third kappa shape index (κ3) is 2.01. The minimum absolute atomic E-state index is 0.0746. The molecular weight excluding hydrogens is 388 g/mol. The second kappa shape index (κ2) is 5.94. The second-order valence-corrected chi connectivity index (χ2v) is 7.80. The molecule has 0 fully saturated rings. The molecule has 0 radical (unpaired) electrons. The summed E-state index contributed by atoms with van der Waals surface area (Å²) >= 11 is 0. The zero-order chi connectivity index (χ0) is 21.4. The van der Waals surface area contributed by atoms with E-state index in [1.54, 1.807) is 18.2 Å². The van der Waals surface area contributed by atoms with Crippen molar-refractivity contribution in [1.29, 1.82) is 0 Å². The number of carbonyl (C=O) groups is 2. The van der Waals surface area contributed by atoms with Crippen molar-refractivity contribution in [1.82, 2.24) is 9.13 Å². The summed E-state index contributed by atoms with van der Waals surface area (Å²) in [6, 6.07) is 5.08. The van der Waals surface area contributed by atoms with Crippen molar-refractivity contribution in [2.24, 2.45) is 14.1 Å². The number of rotatable bonds is 1. The molecule has 3 aliphatic rings. The molecule has 9 heteroatoms. The highest BCUT2D eigenvalue weighted by Crippen LogP contribution is 2.54. The van der Waals surface area contributed by atoms with Crippen molar-refractivity contribution in [3.8, 4) is 5.75 Å². The molecule has 30 heavy (non-hydrogen) atoms. The van der Waals surface area contributed by atoms with Crippen LogP contribution >= 0.6 is 0 Å². The highest BCUT2D eigenvalue weighted by atomic mass is 16.5. The van der Waals surface area contributed by atoms with E-state index in [1.165, 1.54) is 25.8 Å². The number of hydrogen-bond donors (Lipinski definition) is 2. The summed E-state index contributed by atoms with van der Waals surface area (Å²) in [5, 5.41) is 5.98. The third-order valence-corrected chi connectivity index (χ3v) is 6.31. The largest absolute Gasteiger partial charge is 0.497 e. The molecular formula is C21H20N4O5. The number of anilines is 2. The molecule has 1 amide bonds. The molecule has 154 valence electrons. The van der Waals surface area contributed by atoms with Gasteiger partial charge in [-0.3, -0.25) is 23.5 Å². The molecule has 1 spiro atoms. The fourth-order valence-electron chi connectivity index (χ4n) is 4.91. The van der Waals surface area contributed by atoms with Gasteiger partial charge >= 0.3 is 5.69 Å². The number of nitrogens with zero attached hydrogens (tertiary/aromatic N) is 2. The number of Topliss-reactive ketones (excluding diaryl/α,β-unsaturated/α-hetero) is 1. The first-order chi connectivity index (χ1) is 14.3. The van der Waals surface area contributed by atoms with Crippen molar-refractivity contribution < 1.29 is 14.3 Å². The van der Waals surface area contributed by atoms with Gasteiger partial charge < -0.3 is 15.4 Å². The van der Waals surface area contributed by atoms with E-state index in [-0.39, 0.29) is 29.2 Å². The molecule has 0 saturated heterocycles. The Kier molecular flexibility index (Phi) is 3.65. The Hall–Kier alpha value is -3.62. The van der Waals surface area contributed by atoms with Crippen LogP contribution in [0.5, 0.6) is 5.75 Å². The highest BCUT2D eigenvalue weighted by molar-refractivity contribution is 6.19. The molecule has 2 N–H and O–H groups in total. The molecule has 1 unspecified atom stereocenters. The summed E-state index contributed by atoms with van der Waals surface area (Å²) in [6.07, 6.45) is 1.45. The third-order valence-electron chi connectivity index (χ3n) is 6.31. The van der Waals surface area contributed by atoms with Gasteiger partial charge in [0.1, 0.15) is 17.0 Å². The lowest BCUT2D eigenvalue weighted by Crippen LogP contribution is -2.53. The average Bonchev–Trinajstić information content (AvgIpc) is 3.02. The number of aromatic nitrogens is 2. The molecule has 2 aliphatic heterocycles. The molecule has 1 aromatic heterocycles. The van der Waals surface area contributed by atoms with Crippen LogP contribution in [0.25, 0.3) is 0 Å². The predicted octanol–water partition coefficient (Wildman–Crippen LogP) is 0.763. The minimum atomic E-state index is -1.64. The summed E-state index contributed by atoms with van der Waals surface area (Å²) in [5.74, 6) is 0.0715. The first kappa shape index (κ1) is 18.4. The van der Waals surface area contributed by atoms with Gasteiger partial charge in [0, 0.05) is 43.0 Å². The first-order valence-corrected chi connectivity index (χ1v) is 9.66. The molecule has 1 aliphatic carbocycles. The first-order valence-electron chi connectivity index (χ1n) is 9.66. The normalized spacial score (nSPS) is 21.7. The van der Waals surface area contributed by atoms with Gasteiger partial charge in [-0.05, 0) is 31.0 Å². The summed E-state index contributed by atoms with van der Waals surface area (Å²) in [4.78, 5) is 52.8. The van der Waals surface area contributed by atoms with Crippen LogP contribution in [0.2, 0.25) is 0 Å². The number of fused-ring (bicyclic) bond motifs is 5. The number of carbonyl (C=O) groups excluding carboxylic acids is 2. The molecule has 5 rings (SSSR count). The summed E-state index contributed by atoms with van der Waals surface area (Å²) in [6.45, 7) is 0. The Morgan fingerprint density at radius 3 is 2.53 bits per heavy atom. The van der Waals surface area contributed by atoms with E-state index in [9.17, 15) is 19.2 Å². The highest BCUT2D eigenvalue weighted by Gasteiger charge is 2.59. The Labute approximate surface area is 171 Å². The molecule has 1 atom stereocenters. The zero-order valence-electron chi connectivity index (χ0n) is 16.8. The van der Waals surface area contributed by atoms with Gasteiger partial charge in [0.05, 0.1) is 12.7 Å². The van der Waals surface area contributed by atoms with Gasteiger partial charge in [0.2, 0.25) is 5.91 Å². The van der Waals surface area contributed by atoms with Crippen molar-refractivity contribution in [2.75, 3.05) is 17.7 Å². The number of ketones is 1. The van der Waals surface area contributed by atoms with Crippen LogP contribution in [0.3, 0.4) is 0 Å². The number of amides is 1. The van der Waals surface area contributed by atoms with E-state index in [2.05, 4.69) is 10.6 Å². The van der Waals surface area contributed by atoms with Gasteiger partial charge in [-0.15, -0.1) is 0 Å². The maximum absolute atomic E-state index is 13.6. The van der Waals surface area contributed by atoms with Gasteiger partial charge in [0.25, 0.3) is 5.56 Å². The van der Waals surface area contributed by atoms with Gasteiger partial charge in [0.15, 0.2) is 5.78 Å². The molecule has 1 aromatic carbocycles. The van der Waals surface area contributed by atoms with Gasteiger partial charge in [-0.1, -0.05) is 0 Å². The average molecular weight is 408 g/mol. The van der Waals surface area contributed by atoms with Crippen molar-refractivity contribution in [3.05, 3.63) is 61.4 Å². The van der Waals surface area contributed by atoms with Crippen molar-refractivity contribution in [2.45, 2.75) is 24.7 Å². The number of nitrogens with one attached hydrogen (secondary N) is 2. The van der Waals surface area contributed by atoms with Crippen molar-refractivity contribution in [3.63, 3.8) is 0 Å². The molecule has 2 aromatic rings. The predicted molar refractivity (Wildman–Crippen MR) is 109 cm³/mol. The van der Waals surface area contributed by atoms with Gasteiger partial charge in [-0.25, -0.2) is 4.79 Å². The lowest BCUT2D eigenvalue weighted by molar-refractivity contribution is -0.122. The smallest absolute Gasteiger partial charge is 0.332 e. The van der Waals surface area contributed by atoms with E-state index in [0.717, 1.165) is 4.57 Å². The number of methoxy groups -OCH3 is 1. The SMILES string of the molecule is COc1ccc2c(c1)C1(C(=O)N2)C2=C(CCCC2=O)Nc2c1c(=O)n(C)c(=O)n2C. The Bertz CT molecular complexity index is 1320. The lowest BCUT2D eigenvalue weighted by Gasteiger charge is -2.39. The number of benzene rings is 1. The zero-order valence-corrected chi connectivity index (χ0v) is 16.8. The Morgan fingerprint density at radius 1 is 1.03 bits per heavy atom. The van der Waals surface area contributed by atoms with Gasteiger partial charge in [-0.2, -0.15) is 0 Å². The number of hydrogen-bond acceptors (Lipinski definition) is 6. The Balaban J connectivity index is 2.01. The molecule has 3 heterocycles. The van der Waals surface area contributed by atoms with Crippen LogP contribution in [0.4, 0.5) is 11.5 Å². The van der Waals surface area contributed by atoms with Crippen LogP contribution in [0.15, 0.2) is 39.1 Å². The van der Waals surface area contributed by atoms with Crippen molar-refractivity contribution >= 4 is 23.2 Å². The summed E-state index contributed by atoms with van der Waals surface area (Å²) in [5.41, 5.74) is -0.853. The standard InChI is InChI=1S/C21H20N4O5/c1-24-17-16(18(27)25(2)20(24)29)21(15-13(22-17)5-4-6-14(15)26)11-9-10(30-3)7-8-12(11)23-19(21)28/h7-9,22H,4-6H2,1-3H3,(H,23,28). The van der Waals surface area contributed by atoms with Crippen LogP contribution in [-0.4, -0.2) is 27.9 Å². The van der Waals surface area contributed by atoms with Crippen LogP contribution in [0, 0.1) is 0 Å².